The van der Waals surface area contributed by atoms with Crippen LogP contribution in [0.2, 0.25) is 0 Å². The molecule has 0 amide bonds. The van der Waals surface area contributed by atoms with Crippen molar-refractivity contribution >= 4 is 0 Å². The average molecular weight is 426 g/mol. The van der Waals surface area contributed by atoms with Gasteiger partial charge in [-0.15, -0.1) is 0 Å². The van der Waals surface area contributed by atoms with Crippen LogP contribution in [0.1, 0.15) is 13.3 Å². The van der Waals surface area contributed by atoms with Crippen molar-refractivity contribution in [2.24, 2.45) is 0 Å². The number of alkyl halides is 14. The van der Waals surface area contributed by atoms with Crippen LogP contribution in [0.15, 0.2) is 0 Å². The smallest absolute Gasteiger partial charge is 0.335 e. The van der Waals surface area contributed by atoms with Gasteiger partial charge < -0.3 is 10.2 Å². The van der Waals surface area contributed by atoms with Crippen LogP contribution in [0.5, 0.6) is 0 Å². The third kappa shape index (κ3) is 2.97. The Hall–Kier alpha value is -1.06. The summed E-state index contributed by atoms with van der Waals surface area (Å²) in [6, 6.07) is -6.65. The summed E-state index contributed by atoms with van der Waals surface area (Å²) in [5, 5.41) is 15.4. The lowest BCUT2D eigenvalue weighted by Gasteiger charge is -2.42. The molecule has 0 bridgehead atoms. The Labute approximate surface area is 134 Å². The second-order valence-corrected chi connectivity index (χ2v) is 4.96. The van der Waals surface area contributed by atoms with E-state index in [9.17, 15) is 61.5 Å². The molecular weight excluding hydrogens is 418 g/mol. The van der Waals surface area contributed by atoms with E-state index in [0.717, 1.165) is 0 Å². The largest absolute Gasteiger partial charge is 0.400 e. The zero-order valence-electron chi connectivity index (χ0n) is 12.0. The molecule has 0 radical (unpaired) electrons. The summed E-state index contributed by atoms with van der Waals surface area (Å²) < 4.78 is 181. The van der Waals surface area contributed by atoms with Gasteiger partial charge in [0.25, 0.3) is 0 Å². The molecule has 0 heterocycles. The van der Waals surface area contributed by atoms with Crippen LogP contribution >= 0.6 is 0 Å². The number of aliphatic hydroxyl groups is 2. The average Bonchev–Trinajstić information content (AvgIpc) is 2.43. The molecular formula is C10H8F14O2. The highest BCUT2D eigenvalue weighted by atomic mass is 19.4. The maximum Gasteiger partial charge on any atom is 0.400 e. The molecule has 0 saturated carbocycles. The van der Waals surface area contributed by atoms with E-state index in [-0.39, 0.29) is 0 Å². The van der Waals surface area contributed by atoms with Crippen molar-refractivity contribution < 1.29 is 71.7 Å². The number of hydrogen-bond donors (Lipinski definition) is 2. The van der Waals surface area contributed by atoms with E-state index in [1.807, 2.05) is 0 Å². The van der Waals surface area contributed by atoms with Gasteiger partial charge in [0, 0.05) is 0 Å². The Morgan fingerprint density at radius 3 is 1.12 bits per heavy atom. The van der Waals surface area contributed by atoms with E-state index in [1.165, 1.54) is 0 Å². The quantitative estimate of drug-likeness (QED) is 0.453. The highest BCUT2D eigenvalue weighted by molar-refractivity contribution is 5.13. The fourth-order valence-corrected chi connectivity index (χ4v) is 1.45. The predicted octanol–water partition coefficient (Wildman–Crippen LogP) is 4.15. The minimum Gasteiger partial charge on any atom is -0.335 e. The lowest BCUT2D eigenvalue weighted by molar-refractivity contribution is -0.475. The van der Waals surface area contributed by atoms with Crippen LogP contribution < -0.4 is 0 Å². The van der Waals surface area contributed by atoms with Crippen molar-refractivity contribution in [3.63, 3.8) is 0 Å². The standard InChI is InChI=1S/C10H8F14O2/c1-2-3(11)4(12,13)5(14,15)6(16,17)7(18,19)8(20,21)9(22,23)10(24,25)26/h3,25-26H,2H2,1H3. The second kappa shape index (κ2) is 6.24. The Morgan fingerprint density at radius 1 is 0.577 bits per heavy atom. The van der Waals surface area contributed by atoms with Crippen LogP contribution in [0.25, 0.3) is 0 Å². The van der Waals surface area contributed by atoms with E-state index >= 15 is 0 Å². The summed E-state index contributed by atoms with van der Waals surface area (Å²) in [4.78, 5) is 0. The lowest BCUT2D eigenvalue weighted by atomic mass is 9.89. The van der Waals surface area contributed by atoms with E-state index < -0.39 is 54.2 Å². The predicted molar refractivity (Wildman–Crippen MR) is 53.1 cm³/mol. The van der Waals surface area contributed by atoms with E-state index in [1.54, 1.807) is 0 Å². The zero-order chi connectivity index (χ0) is 21.8. The molecule has 1 atom stereocenters. The van der Waals surface area contributed by atoms with Crippen molar-refractivity contribution in [2.45, 2.75) is 61.1 Å². The molecule has 2 nitrogen and oxygen atoms in total. The Balaban J connectivity index is 6.51. The van der Waals surface area contributed by atoms with Crippen molar-refractivity contribution in [1.29, 1.82) is 0 Å². The minimum absolute atomic E-state index is 0.336. The third-order valence-corrected chi connectivity index (χ3v) is 3.15. The topological polar surface area (TPSA) is 40.5 Å². The maximum absolute atomic E-state index is 13.1. The summed E-state index contributed by atoms with van der Waals surface area (Å²) in [6.45, 7) is 0.336. The van der Waals surface area contributed by atoms with E-state index in [0.29, 0.717) is 6.92 Å². The van der Waals surface area contributed by atoms with Gasteiger partial charge in [0.15, 0.2) is 6.17 Å². The Morgan fingerprint density at radius 2 is 0.846 bits per heavy atom. The van der Waals surface area contributed by atoms with Crippen molar-refractivity contribution in [3.05, 3.63) is 0 Å². The summed E-state index contributed by atoms with van der Waals surface area (Å²) in [5.41, 5.74) is 0. The van der Waals surface area contributed by atoms with Gasteiger partial charge in [-0.25, -0.2) is 4.39 Å². The SMILES string of the molecule is CCC(F)C(F)(F)C(F)(F)C(F)(F)C(F)(F)C(F)(F)C(F)(F)C(O)(O)F. The van der Waals surface area contributed by atoms with Crippen LogP contribution in [-0.4, -0.2) is 58.0 Å². The van der Waals surface area contributed by atoms with Gasteiger partial charge in [-0.05, 0) is 6.42 Å². The molecule has 2 N–H and O–H groups in total. The van der Waals surface area contributed by atoms with E-state index in [2.05, 4.69) is 0 Å². The Bertz CT molecular complexity index is 508. The van der Waals surface area contributed by atoms with Crippen molar-refractivity contribution in [2.75, 3.05) is 0 Å². The molecule has 0 aromatic heterocycles. The first kappa shape index (κ1) is 24.9. The minimum atomic E-state index is -8.22. The first-order valence-corrected chi connectivity index (χ1v) is 6.03. The summed E-state index contributed by atoms with van der Waals surface area (Å²) in [5.74, 6) is -46.4. The normalized spacial score (nSPS) is 17.4. The molecule has 0 aliphatic rings. The molecule has 16 heteroatoms. The molecule has 0 aromatic rings. The fourth-order valence-electron chi connectivity index (χ4n) is 1.45. The van der Waals surface area contributed by atoms with Crippen molar-refractivity contribution in [3.8, 4) is 0 Å². The van der Waals surface area contributed by atoms with Gasteiger partial charge in [-0.2, -0.15) is 57.1 Å². The highest BCUT2D eigenvalue weighted by Gasteiger charge is 2.93. The number of hydrogen-bond acceptors (Lipinski definition) is 2. The van der Waals surface area contributed by atoms with Gasteiger partial charge >= 0.3 is 41.6 Å². The van der Waals surface area contributed by atoms with Gasteiger partial charge in [0.2, 0.25) is 0 Å². The monoisotopic (exact) mass is 426 g/mol. The van der Waals surface area contributed by atoms with Crippen LogP contribution in [-0.2, 0) is 0 Å². The maximum atomic E-state index is 13.1. The molecule has 0 aliphatic carbocycles. The second-order valence-electron chi connectivity index (χ2n) is 4.96. The van der Waals surface area contributed by atoms with Crippen LogP contribution in [0.3, 0.4) is 0 Å². The molecule has 26 heavy (non-hydrogen) atoms. The highest BCUT2D eigenvalue weighted by Crippen LogP contribution is 2.62. The van der Waals surface area contributed by atoms with Gasteiger partial charge in [-0.1, -0.05) is 6.92 Å². The van der Waals surface area contributed by atoms with Gasteiger partial charge in [0.05, 0.1) is 0 Å². The zero-order valence-corrected chi connectivity index (χ0v) is 12.0. The molecule has 0 fully saturated rings. The number of halogens is 14. The fraction of sp³-hybridized carbons (Fsp3) is 1.00. The van der Waals surface area contributed by atoms with Gasteiger partial charge in [-0.3, -0.25) is 0 Å². The number of rotatable bonds is 8. The molecule has 1 unspecified atom stereocenters. The molecule has 0 rings (SSSR count). The lowest BCUT2D eigenvalue weighted by Crippen LogP contribution is -2.74. The first-order valence-electron chi connectivity index (χ1n) is 6.03. The van der Waals surface area contributed by atoms with E-state index in [4.69, 9.17) is 10.2 Å². The summed E-state index contributed by atoms with van der Waals surface area (Å²) >= 11 is 0. The third-order valence-electron chi connectivity index (χ3n) is 3.15. The molecule has 0 spiro atoms. The van der Waals surface area contributed by atoms with Gasteiger partial charge in [0.1, 0.15) is 0 Å². The van der Waals surface area contributed by atoms with Crippen LogP contribution in [0.4, 0.5) is 61.5 Å². The molecule has 158 valence electrons. The summed E-state index contributed by atoms with van der Waals surface area (Å²) in [7, 11) is 0. The van der Waals surface area contributed by atoms with Crippen molar-refractivity contribution in [1.82, 2.24) is 0 Å². The molecule has 0 saturated heterocycles. The summed E-state index contributed by atoms with van der Waals surface area (Å²) in [6.07, 6.45) is -6.01. The molecule has 0 aromatic carbocycles. The van der Waals surface area contributed by atoms with Crippen LogP contribution in [0, 0.1) is 0 Å². The first-order chi connectivity index (χ1) is 11.0. The molecule has 0 aliphatic heterocycles. The Kier molecular flexibility index (Phi) is 5.98.